The molecule has 2 unspecified atom stereocenters. The second-order valence-corrected chi connectivity index (χ2v) is 6.81. The van der Waals surface area contributed by atoms with E-state index in [1.807, 2.05) is 26.0 Å². The monoisotopic (exact) mass is 386 g/mol. The van der Waals surface area contributed by atoms with Crippen LogP contribution < -0.4 is 14.8 Å². The SMILES string of the molecule is CCOc1ccc(OCC)c(NC(=O)CCN2C(=O)C3CC=CCC3C2=O)c1. The lowest BCUT2D eigenvalue weighted by Gasteiger charge is -2.16. The number of carbonyl (C=O) groups is 3. The van der Waals surface area contributed by atoms with Crippen LogP contribution in [0.1, 0.15) is 33.1 Å². The molecular formula is C21H26N2O5. The Bertz CT molecular complexity index is 763. The van der Waals surface area contributed by atoms with Crippen molar-refractivity contribution in [1.29, 1.82) is 0 Å². The van der Waals surface area contributed by atoms with Crippen LogP contribution in [0.5, 0.6) is 11.5 Å². The van der Waals surface area contributed by atoms with Gasteiger partial charge in [-0.3, -0.25) is 19.3 Å². The van der Waals surface area contributed by atoms with Gasteiger partial charge in [-0.1, -0.05) is 12.2 Å². The molecule has 1 saturated heterocycles. The molecule has 1 N–H and O–H groups in total. The summed E-state index contributed by atoms with van der Waals surface area (Å²) in [5.74, 6) is 0.0117. The average Bonchev–Trinajstić information content (AvgIpc) is 2.93. The van der Waals surface area contributed by atoms with Gasteiger partial charge >= 0.3 is 0 Å². The maximum absolute atomic E-state index is 12.5. The van der Waals surface area contributed by atoms with Crippen LogP contribution in [0, 0.1) is 11.8 Å². The fraction of sp³-hybridized carbons (Fsp3) is 0.476. The van der Waals surface area contributed by atoms with Crippen molar-refractivity contribution in [2.75, 3.05) is 25.1 Å². The van der Waals surface area contributed by atoms with E-state index in [1.165, 1.54) is 4.90 Å². The van der Waals surface area contributed by atoms with E-state index in [0.29, 0.717) is 43.2 Å². The van der Waals surface area contributed by atoms with Crippen LogP contribution in [0.4, 0.5) is 5.69 Å². The summed E-state index contributed by atoms with van der Waals surface area (Å²) < 4.78 is 11.0. The van der Waals surface area contributed by atoms with Crippen molar-refractivity contribution >= 4 is 23.4 Å². The highest BCUT2D eigenvalue weighted by atomic mass is 16.5. The first-order valence-electron chi connectivity index (χ1n) is 9.74. The number of hydrogen-bond donors (Lipinski definition) is 1. The van der Waals surface area contributed by atoms with Crippen molar-refractivity contribution in [3.05, 3.63) is 30.4 Å². The Balaban J connectivity index is 1.62. The summed E-state index contributed by atoms with van der Waals surface area (Å²) in [7, 11) is 0. The lowest BCUT2D eigenvalue weighted by atomic mass is 9.85. The molecule has 1 aromatic carbocycles. The zero-order chi connectivity index (χ0) is 20.1. The van der Waals surface area contributed by atoms with Crippen molar-refractivity contribution in [3.8, 4) is 11.5 Å². The molecule has 3 rings (SSSR count). The van der Waals surface area contributed by atoms with Crippen LogP contribution >= 0.6 is 0 Å². The van der Waals surface area contributed by atoms with Gasteiger partial charge < -0.3 is 14.8 Å². The number of carbonyl (C=O) groups excluding carboxylic acids is 3. The fourth-order valence-electron chi connectivity index (χ4n) is 3.66. The first-order valence-corrected chi connectivity index (χ1v) is 9.74. The van der Waals surface area contributed by atoms with Gasteiger partial charge in [-0.25, -0.2) is 0 Å². The van der Waals surface area contributed by atoms with Gasteiger partial charge in [0, 0.05) is 19.0 Å². The van der Waals surface area contributed by atoms with Crippen molar-refractivity contribution in [3.63, 3.8) is 0 Å². The van der Waals surface area contributed by atoms with E-state index in [9.17, 15) is 14.4 Å². The standard InChI is InChI=1S/C21H26N2O5/c1-3-27-14-9-10-18(28-4-2)17(13-14)22-19(24)11-12-23-20(25)15-7-5-6-8-16(15)21(23)26/h5-6,9-10,13,15-16H,3-4,7-8,11-12H2,1-2H3,(H,22,24). The molecule has 3 amide bonds. The van der Waals surface area contributed by atoms with Crippen molar-refractivity contribution < 1.29 is 23.9 Å². The zero-order valence-corrected chi connectivity index (χ0v) is 16.3. The Labute approximate surface area is 164 Å². The van der Waals surface area contributed by atoms with Gasteiger partial charge in [0.05, 0.1) is 30.7 Å². The third-order valence-corrected chi connectivity index (χ3v) is 5.00. The Morgan fingerprint density at radius 3 is 2.32 bits per heavy atom. The molecule has 7 nitrogen and oxygen atoms in total. The number of nitrogens with one attached hydrogen (secondary N) is 1. The predicted molar refractivity (Wildman–Crippen MR) is 104 cm³/mol. The number of fused-ring (bicyclic) bond motifs is 1. The van der Waals surface area contributed by atoms with Crippen LogP contribution in [0.25, 0.3) is 0 Å². The van der Waals surface area contributed by atoms with Gasteiger partial charge in [0.15, 0.2) is 0 Å². The Hall–Kier alpha value is -2.83. The van der Waals surface area contributed by atoms with Gasteiger partial charge in [-0.05, 0) is 38.8 Å². The van der Waals surface area contributed by atoms with E-state index in [4.69, 9.17) is 9.47 Å². The number of anilines is 1. The minimum Gasteiger partial charge on any atom is -0.494 e. The summed E-state index contributed by atoms with van der Waals surface area (Å²) in [4.78, 5) is 38.7. The summed E-state index contributed by atoms with van der Waals surface area (Å²) >= 11 is 0. The number of amides is 3. The summed E-state index contributed by atoms with van der Waals surface area (Å²) in [5.41, 5.74) is 0.509. The number of imide groups is 1. The minimum atomic E-state index is -0.289. The molecule has 0 radical (unpaired) electrons. The highest BCUT2D eigenvalue weighted by Gasteiger charge is 2.46. The average molecular weight is 386 g/mol. The van der Waals surface area contributed by atoms with Crippen LogP contribution in [-0.4, -0.2) is 42.4 Å². The highest BCUT2D eigenvalue weighted by Crippen LogP contribution is 2.35. The highest BCUT2D eigenvalue weighted by molar-refractivity contribution is 6.06. The molecular weight excluding hydrogens is 360 g/mol. The summed E-state index contributed by atoms with van der Waals surface area (Å²) in [6.45, 7) is 4.81. The third-order valence-electron chi connectivity index (χ3n) is 5.00. The molecule has 1 aliphatic heterocycles. The number of nitrogens with zero attached hydrogens (tertiary/aromatic N) is 1. The molecule has 7 heteroatoms. The van der Waals surface area contributed by atoms with Crippen molar-refractivity contribution in [1.82, 2.24) is 4.90 Å². The Kier molecular flexibility index (Phi) is 6.34. The van der Waals surface area contributed by atoms with Crippen LogP contribution in [-0.2, 0) is 14.4 Å². The first-order chi connectivity index (χ1) is 13.5. The molecule has 2 aliphatic rings. The van der Waals surface area contributed by atoms with E-state index in [0.717, 1.165) is 0 Å². The van der Waals surface area contributed by atoms with Gasteiger partial charge in [0.25, 0.3) is 0 Å². The van der Waals surface area contributed by atoms with E-state index in [2.05, 4.69) is 5.32 Å². The molecule has 2 atom stereocenters. The Morgan fingerprint density at radius 2 is 1.71 bits per heavy atom. The lowest BCUT2D eigenvalue weighted by Crippen LogP contribution is -2.34. The molecule has 0 spiro atoms. The molecule has 1 fully saturated rings. The van der Waals surface area contributed by atoms with E-state index in [1.54, 1.807) is 18.2 Å². The summed E-state index contributed by atoms with van der Waals surface area (Å²) in [6.07, 6.45) is 5.13. The quantitative estimate of drug-likeness (QED) is 0.549. The third kappa shape index (κ3) is 4.18. The number of allylic oxidation sites excluding steroid dienone is 2. The normalized spacial score (nSPS) is 20.9. The van der Waals surface area contributed by atoms with Gasteiger partial charge in [0.1, 0.15) is 11.5 Å². The second-order valence-electron chi connectivity index (χ2n) is 6.81. The van der Waals surface area contributed by atoms with Crippen molar-refractivity contribution in [2.45, 2.75) is 33.1 Å². The van der Waals surface area contributed by atoms with Gasteiger partial charge in [0.2, 0.25) is 17.7 Å². The van der Waals surface area contributed by atoms with Crippen molar-refractivity contribution in [2.24, 2.45) is 11.8 Å². The zero-order valence-electron chi connectivity index (χ0n) is 16.3. The predicted octanol–water partition coefficient (Wildman–Crippen LogP) is 2.76. The number of likely N-dealkylation sites (tertiary alicyclic amines) is 1. The minimum absolute atomic E-state index is 0.0365. The van der Waals surface area contributed by atoms with Crippen LogP contribution in [0.15, 0.2) is 30.4 Å². The second kappa shape index (κ2) is 8.91. The molecule has 0 saturated carbocycles. The molecule has 28 heavy (non-hydrogen) atoms. The number of benzene rings is 1. The summed E-state index contributed by atoms with van der Waals surface area (Å²) in [6, 6.07) is 5.23. The maximum atomic E-state index is 12.5. The maximum Gasteiger partial charge on any atom is 0.233 e. The molecule has 0 aromatic heterocycles. The van der Waals surface area contributed by atoms with Gasteiger partial charge in [-0.15, -0.1) is 0 Å². The molecule has 1 heterocycles. The smallest absolute Gasteiger partial charge is 0.233 e. The molecule has 0 bridgehead atoms. The van der Waals surface area contributed by atoms with Gasteiger partial charge in [-0.2, -0.15) is 0 Å². The molecule has 1 aromatic rings. The van der Waals surface area contributed by atoms with Crippen LogP contribution in [0.2, 0.25) is 0 Å². The van der Waals surface area contributed by atoms with Crippen LogP contribution in [0.3, 0.4) is 0 Å². The van der Waals surface area contributed by atoms with E-state index < -0.39 is 0 Å². The largest absolute Gasteiger partial charge is 0.494 e. The van der Waals surface area contributed by atoms with E-state index in [-0.39, 0.29) is 42.5 Å². The van der Waals surface area contributed by atoms with E-state index >= 15 is 0 Å². The molecule has 1 aliphatic carbocycles. The number of rotatable bonds is 8. The fourth-order valence-corrected chi connectivity index (χ4v) is 3.66. The Morgan fingerprint density at radius 1 is 1.07 bits per heavy atom. The molecule has 150 valence electrons. The first kappa shape index (κ1) is 19.9. The lowest BCUT2D eigenvalue weighted by molar-refractivity contribution is -0.140. The summed E-state index contributed by atoms with van der Waals surface area (Å²) in [5, 5.41) is 2.80. The number of hydrogen-bond acceptors (Lipinski definition) is 5. The number of ether oxygens (including phenoxy) is 2. The topological polar surface area (TPSA) is 84.9 Å².